The van der Waals surface area contributed by atoms with Crippen molar-refractivity contribution in [2.45, 2.75) is 0 Å². The van der Waals surface area contributed by atoms with Gasteiger partial charge in [-0.05, 0) is 24.3 Å². The summed E-state index contributed by atoms with van der Waals surface area (Å²) in [7, 11) is 0. The molecule has 2 N–H and O–H groups in total. The van der Waals surface area contributed by atoms with Gasteiger partial charge in [-0.15, -0.1) is 0 Å². The zero-order valence-electron chi connectivity index (χ0n) is 15.2. The molecule has 0 saturated heterocycles. The summed E-state index contributed by atoms with van der Waals surface area (Å²) >= 11 is 0. The summed E-state index contributed by atoms with van der Waals surface area (Å²) in [6, 6.07) is 12.2. The molecule has 2 aromatic carbocycles. The third-order valence-corrected chi connectivity index (χ3v) is 4.34. The van der Waals surface area contributed by atoms with Crippen molar-refractivity contribution >= 4 is 23.1 Å². The molecule has 9 heteroatoms. The number of amides is 1. The predicted octanol–water partition coefficient (Wildman–Crippen LogP) is 2.97. The standard InChI is InChI=1S/C20H16N4O5/c25-20(24-13-2-3-15-17(8-13)27-6-5-26-15)14-9-19(22-10-21-14)23-12-1-4-16-18(7-12)29-11-28-16/h1-4,7-10H,5-6,11H2,(H,24,25)(H,21,22,23). The van der Waals surface area contributed by atoms with Gasteiger partial charge in [-0.2, -0.15) is 0 Å². The van der Waals surface area contributed by atoms with Crippen LogP contribution in [0.5, 0.6) is 23.0 Å². The number of hydrogen-bond acceptors (Lipinski definition) is 8. The van der Waals surface area contributed by atoms with Crippen molar-refractivity contribution in [3.05, 3.63) is 54.5 Å². The number of nitrogens with one attached hydrogen (secondary N) is 2. The Kier molecular flexibility index (Phi) is 4.24. The lowest BCUT2D eigenvalue weighted by Gasteiger charge is -2.19. The third-order valence-electron chi connectivity index (χ3n) is 4.34. The predicted molar refractivity (Wildman–Crippen MR) is 103 cm³/mol. The average Bonchev–Trinajstić information content (AvgIpc) is 3.22. The molecule has 146 valence electrons. The van der Waals surface area contributed by atoms with Crippen molar-refractivity contribution in [3.63, 3.8) is 0 Å². The topological polar surface area (TPSA) is 104 Å². The van der Waals surface area contributed by atoms with Crippen LogP contribution in [0.15, 0.2) is 48.8 Å². The Balaban J connectivity index is 1.31. The van der Waals surface area contributed by atoms with Crippen molar-refractivity contribution in [1.82, 2.24) is 9.97 Å². The highest BCUT2D eigenvalue weighted by molar-refractivity contribution is 6.03. The Morgan fingerprint density at radius 2 is 1.48 bits per heavy atom. The number of aromatic nitrogens is 2. The summed E-state index contributed by atoms with van der Waals surface area (Å²) in [4.78, 5) is 20.8. The summed E-state index contributed by atoms with van der Waals surface area (Å²) in [5.41, 5.74) is 1.56. The zero-order valence-corrected chi connectivity index (χ0v) is 15.2. The molecule has 0 fully saturated rings. The van der Waals surface area contributed by atoms with E-state index in [-0.39, 0.29) is 18.4 Å². The van der Waals surface area contributed by atoms with E-state index < -0.39 is 0 Å². The maximum absolute atomic E-state index is 12.6. The van der Waals surface area contributed by atoms with Crippen molar-refractivity contribution in [2.24, 2.45) is 0 Å². The lowest BCUT2D eigenvalue weighted by Crippen LogP contribution is -2.17. The highest BCUT2D eigenvalue weighted by Crippen LogP contribution is 2.35. The number of nitrogens with zero attached hydrogens (tertiary/aromatic N) is 2. The number of anilines is 3. The van der Waals surface area contributed by atoms with Gasteiger partial charge in [0.1, 0.15) is 31.1 Å². The van der Waals surface area contributed by atoms with Gasteiger partial charge in [0.15, 0.2) is 23.0 Å². The molecule has 0 unspecified atom stereocenters. The molecule has 0 bridgehead atoms. The van der Waals surface area contributed by atoms with Gasteiger partial charge in [-0.25, -0.2) is 9.97 Å². The van der Waals surface area contributed by atoms with Crippen molar-refractivity contribution in [1.29, 1.82) is 0 Å². The third kappa shape index (κ3) is 3.57. The van der Waals surface area contributed by atoms with E-state index in [9.17, 15) is 4.79 Å². The van der Waals surface area contributed by atoms with Gasteiger partial charge in [-0.3, -0.25) is 4.79 Å². The smallest absolute Gasteiger partial charge is 0.274 e. The minimum atomic E-state index is -0.363. The number of carbonyl (C=O) groups is 1. The number of carbonyl (C=O) groups excluding carboxylic acids is 1. The van der Waals surface area contributed by atoms with Crippen LogP contribution < -0.4 is 29.6 Å². The lowest BCUT2D eigenvalue weighted by atomic mass is 10.2. The second-order valence-corrected chi connectivity index (χ2v) is 6.29. The Morgan fingerprint density at radius 1 is 0.793 bits per heavy atom. The molecule has 2 aliphatic rings. The number of benzene rings is 2. The second-order valence-electron chi connectivity index (χ2n) is 6.29. The SMILES string of the molecule is O=C(Nc1ccc2c(c1)OCCO2)c1cc(Nc2ccc3c(c2)OCO3)ncn1. The largest absolute Gasteiger partial charge is 0.486 e. The molecular formula is C20H16N4O5. The van der Waals surface area contributed by atoms with E-state index in [1.165, 1.54) is 6.33 Å². The molecular weight excluding hydrogens is 376 g/mol. The van der Waals surface area contributed by atoms with E-state index in [4.69, 9.17) is 18.9 Å². The molecule has 5 rings (SSSR count). The van der Waals surface area contributed by atoms with Gasteiger partial charge in [0, 0.05) is 29.6 Å². The molecule has 3 heterocycles. The minimum absolute atomic E-state index is 0.205. The van der Waals surface area contributed by atoms with E-state index in [0.717, 1.165) is 5.69 Å². The molecule has 0 radical (unpaired) electrons. The second kappa shape index (κ2) is 7.19. The van der Waals surface area contributed by atoms with Crippen LogP contribution in [0.2, 0.25) is 0 Å². The summed E-state index contributed by atoms with van der Waals surface area (Å²) in [6.07, 6.45) is 1.33. The highest BCUT2D eigenvalue weighted by atomic mass is 16.7. The summed E-state index contributed by atoms with van der Waals surface area (Å²) in [6.45, 7) is 1.19. The maximum atomic E-state index is 12.6. The van der Waals surface area contributed by atoms with Crippen LogP contribution in [0, 0.1) is 0 Å². The van der Waals surface area contributed by atoms with Gasteiger partial charge in [-0.1, -0.05) is 0 Å². The molecule has 9 nitrogen and oxygen atoms in total. The Bertz CT molecular complexity index is 1090. The molecule has 29 heavy (non-hydrogen) atoms. The van der Waals surface area contributed by atoms with E-state index in [2.05, 4.69) is 20.6 Å². The monoisotopic (exact) mass is 392 g/mol. The number of rotatable bonds is 4. The Morgan fingerprint density at radius 3 is 2.38 bits per heavy atom. The van der Waals surface area contributed by atoms with Crippen molar-refractivity contribution in [2.75, 3.05) is 30.6 Å². The van der Waals surface area contributed by atoms with E-state index >= 15 is 0 Å². The molecule has 0 aliphatic carbocycles. The average molecular weight is 392 g/mol. The molecule has 1 aromatic heterocycles. The number of hydrogen-bond donors (Lipinski definition) is 2. The molecule has 0 saturated carbocycles. The first-order valence-electron chi connectivity index (χ1n) is 8.94. The van der Waals surface area contributed by atoms with Crippen LogP contribution in [0.1, 0.15) is 10.5 Å². The van der Waals surface area contributed by atoms with Crippen LogP contribution in [0.3, 0.4) is 0 Å². The van der Waals surface area contributed by atoms with Gasteiger partial charge < -0.3 is 29.6 Å². The number of fused-ring (bicyclic) bond motifs is 2. The highest BCUT2D eigenvalue weighted by Gasteiger charge is 2.16. The fraction of sp³-hybridized carbons (Fsp3) is 0.150. The van der Waals surface area contributed by atoms with E-state index in [1.54, 1.807) is 36.4 Å². The molecule has 0 atom stereocenters. The van der Waals surface area contributed by atoms with Crippen molar-refractivity contribution in [3.8, 4) is 23.0 Å². The fourth-order valence-corrected chi connectivity index (χ4v) is 2.99. The zero-order chi connectivity index (χ0) is 19.6. The summed E-state index contributed by atoms with van der Waals surface area (Å²) in [5.74, 6) is 2.72. The normalized spacial score (nSPS) is 13.7. The van der Waals surface area contributed by atoms with Crippen LogP contribution >= 0.6 is 0 Å². The fourth-order valence-electron chi connectivity index (χ4n) is 2.99. The first-order chi connectivity index (χ1) is 14.2. The van der Waals surface area contributed by atoms with Crippen LogP contribution in [0.25, 0.3) is 0 Å². The molecule has 2 aliphatic heterocycles. The first-order valence-corrected chi connectivity index (χ1v) is 8.94. The van der Waals surface area contributed by atoms with Gasteiger partial charge in [0.25, 0.3) is 5.91 Å². The summed E-state index contributed by atoms with van der Waals surface area (Å²) < 4.78 is 21.7. The molecule has 1 amide bonds. The quantitative estimate of drug-likeness (QED) is 0.698. The van der Waals surface area contributed by atoms with E-state index in [0.29, 0.717) is 47.7 Å². The van der Waals surface area contributed by atoms with Crippen LogP contribution in [-0.2, 0) is 0 Å². The summed E-state index contributed by atoms with van der Waals surface area (Å²) in [5, 5.41) is 5.93. The van der Waals surface area contributed by atoms with Gasteiger partial charge >= 0.3 is 0 Å². The lowest BCUT2D eigenvalue weighted by molar-refractivity contribution is 0.102. The number of ether oxygens (including phenoxy) is 4. The maximum Gasteiger partial charge on any atom is 0.274 e. The van der Waals surface area contributed by atoms with E-state index in [1.807, 2.05) is 6.07 Å². The van der Waals surface area contributed by atoms with Crippen molar-refractivity contribution < 1.29 is 23.7 Å². The van der Waals surface area contributed by atoms with Crippen LogP contribution in [-0.4, -0.2) is 35.9 Å². The Hall–Kier alpha value is -4.01. The minimum Gasteiger partial charge on any atom is -0.486 e. The van der Waals surface area contributed by atoms with Crippen LogP contribution in [0.4, 0.5) is 17.2 Å². The Labute approximate surface area is 165 Å². The molecule has 3 aromatic rings. The van der Waals surface area contributed by atoms with Gasteiger partial charge in [0.05, 0.1) is 0 Å². The van der Waals surface area contributed by atoms with Gasteiger partial charge in [0.2, 0.25) is 6.79 Å². The first kappa shape index (κ1) is 17.1. The molecule has 0 spiro atoms.